The molecule has 1 saturated heterocycles. The summed E-state index contributed by atoms with van der Waals surface area (Å²) in [5, 5.41) is 4.01. The summed E-state index contributed by atoms with van der Waals surface area (Å²) in [7, 11) is 0. The van der Waals surface area contributed by atoms with Gasteiger partial charge in [0.15, 0.2) is 0 Å². The van der Waals surface area contributed by atoms with E-state index in [0.717, 1.165) is 13.1 Å². The lowest BCUT2D eigenvalue weighted by Crippen LogP contribution is -2.52. The third kappa shape index (κ3) is 4.52. The van der Waals surface area contributed by atoms with E-state index in [1.165, 1.54) is 17.2 Å². The second-order valence-electron chi connectivity index (χ2n) is 8.40. The maximum absolute atomic E-state index is 14.1. The van der Waals surface area contributed by atoms with Crippen molar-refractivity contribution >= 4 is 11.6 Å². The van der Waals surface area contributed by atoms with Crippen LogP contribution in [0.15, 0.2) is 90.1 Å². The molecule has 1 amide bonds. The van der Waals surface area contributed by atoms with Crippen LogP contribution < -0.4 is 0 Å². The average Bonchev–Trinajstić information content (AvgIpc) is 3.36. The van der Waals surface area contributed by atoms with Crippen LogP contribution in [0.2, 0.25) is 0 Å². The van der Waals surface area contributed by atoms with Crippen molar-refractivity contribution in [1.29, 1.82) is 0 Å². The number of oxime groups is 1. The molecule has 168 valence electrons. The zero-order valence-corrected chi connectivity index (χ0v) is 18.3. The summed E-state index contributed by atoms with van der Waals surface area (Å²) in [6, 6.07) is 27.5. The van der Waals surface area contributed by atoms with E-state index in [1.807, 2.05) is 17.0 Å². The van der Waals surface area contributed by atoms with Gasteiger partial charge < -0.3 is 9.74 Å². The van der Waals surface area contributed by atoms with E-state index >= 15 is 0 Å². The minimum absolute atomic E-state index is 0.0827. The van der Waals surface area contributed by atoms with Crippen LogP contribution in [0.4, 0.5) is 4.39 Å². The summed E-state index contributed by atoms with van der Waals surface area (Å²) in [4.78, 5) is 22.8. The van der Waals surface area contributed by atoms with Gasteiger partial charge >= 0.3 is 0 Å². The summed E-state index contributed by atoms with van der Waals surface area (Å²) < 4.78 is 14.1. The molecular formula is C27H26FN3O2. The molecule has 2 aliphatic heterocycles. The molecule has 0 aliphatic carbocycles. The van der Waals surface area contributed by atoms with Gasteiger partial charge in [-0.25, -0.2) is 4.39 Å². The van der Waals surface area contributed by atoms with Crippen molar-refractivity contribution in [3.05, 3.63) is 107 Å². The molecule has 2 aliphatic rings. The SMILES string of the molecule is O=C(C1CC(c2ccccc2F)=NO1)N1CCN(C(c2ccccc2)c2ccccc2)CC1. The molecule has 0 radical (unpaired) electrons. The summed E-state index contributed by atoms with van der Waals surface area (Å²) in [6.45, 7) is 2.75. The quantitative estimate of drug-likeness (QED) is 0.592. The lowest BCUT2D eigenvalue weighted by Gasteiger charge is -2.40. The number of benzene rings is 3. The molecule has 6 heteroatoms. The number of rotatable bonds is 5. The maximum atomic E-state index is 14.1. The number of amides is 1. The number of halogens is 1. The Morgan fingerprint density at radius 2 is 1.42 bits per heavy atom. The highest BCUT2D eigenvalue weighted by Gasteiger charge is 2.35. The Bertz CT molecular complexity index is 1090. The number of hydrogen-bond donors (Lipinski definition) is 0. The maximum Gasteiger partial charge on any atom is 0.266 e. The van der Waals surface area contributed by atoms with Crippen molar-refractivity contribution in [3.8, 4) is 0 Å². The minimum atomic E-state index is -0.690. The highest BCUT2D eigenvalue weighted by Crippen LogP contribution is 2.30. The zero-order chi connectivity index (χ0) is 22.6. The van der Waals surface area contributed by atoms with Crippen LogP contribution in [0, 0.1) is 5.82 Å². The Morgan fingerprint density at radius 3 is 2.03 bits per heavy atom. The number of hydrogen-bond acceptors (Lipinski definition) is 4. The van der Waals surface area contributed by atoms with Crippen LogP contribution in [0.25, 0.3) is 0 Å². The van der Waals surface area contributed by atoms with Crippen LogP contribution >= 0.6 is 0 Å². The van der Waals surface area contributed by atoms with Gasteiger partial charge in [-0.1, -0.05) is 84.0 Å². The van der Waals surface area contributed by atoms with Crippen LogP contribution in [0.5, 0.6) is 0 Å². The normalized spacial score (nSPS) is 18.8. The molecule has 1 atom stereocenters. The first-order valence-electron chi connectivity index (χ1n) is 11.3. The molecule has 5 rings (SSSR count). The van der Waals surface area contributed by atoms with E-state index in [4.69, 9.17) is 4.84 Å². The molecule has 0 bridgehead atoms. The molecule has 1 fully saturated rings. The van der Waals surface area contributed by atoms with Gasteiger partial charge in [0.2, 0.25) is 6.10 Å². The second kappa shape index (κ2) is 9.55. The molecule has 1 unspecified atom stereocenters. The summed E-state index contributed by atoms with van der Waals surface area (Å²) >= 11 is 0. The predicted molar refractivity (Wildman–Crippen MR) is 125 cm³/mol. The fourth-order valence-electron chi connectivity index (χ4n) is 4.65. The molecule has 5 nitrogen and oxygen atoms in total. The minimum Gasteiger partial charge on any atom is -0.382 e. The summed E-state index contributed by atoms with van der Waals surface area (Å²) in [5.74, 6) is -0.435. The molecule has 3 aromatic carbocycles. The van der Waals surface area contributed by atoms with Crippen molar-refractivity contribution in [2.75, 3.05) is 26.2 Å². The summed E-state index contributed by atoms with van der Waals surface area (Å²) in [6.07, 6.45) is -0.401. The van der Waals surface area contributed by atoms with Crippen molar-refractivity contribution in [3.63, 3.8) is 0 Å². The molecular weight excluding hydrogens is 417 g/mol. The number of nitrogens with zero attached hydrogens (tertiary/aromatic N) is 3. The van der Waals surface area contributed by atoms with Gasteiger partial charge in [0.05, 0.1) is 11.8 Å². The molecule has 0 spiro atoms. The first-order chi connectivity index (χ1) is 16.2. The van der Waals surface area contributed by atoms with Gasteiger partial charge in [0.1, 0.15) is 5.82 Å². The molecule has 0 saturated carbocycles. The monoisotopic (exact) mass is 443 g/mol. The first-order valence-corrected chi connectivity index (χ1v) is 11.3. The van der Waals surface area contributed by atoms with E-state index in [9.17, 15) is 9.18 Å². The van der Waals surface area contributed by atoms with Gasteiger partial charge in [-0.05, 0) is 17.2 Å². The van der Waals surface area contributed by atoms with Gasteiger partial charge in [0.25, 0.3) is 5.91 Å². The molecule has 2 heterocycles. The van der Waals surface area contributed by atoms with Gasteiger partial charge in [-0.3, -0.25) is 9.69 Å². The molecule has 3 aromatic rings. The van der Waals surface area contributed by atoms with Crippen molar-refractivity contribution in [2.24, 2.45) is 5.16 Å². The highest BCUT2D eigenvalue weighted by molar-refractivity contribution is 6.04. The largest absolute Gasteiger partial charge is 0.382 e. The lowest BCUT2D eigenvalue weighted by atomic mass is 9.96. The molecule has 0 N–H and O–H groups in total. The fourth-order valence-corrected chi connectivity index (χ4v) is 4.65. The number of carbonyl (C=O) groups is 1. The van der Waals surface area contributed by atoms with Crippen LogP contribution in [-0.2, 0) is 9.63 Å². The zero-order valence-electron chi connectivity index (χ0n) is 18.3. The second-order valence-corrected chi connectivity index (χ2v) is 8.40. The third-order valence-corrected chi connectivity index (χ3v) is 6.35. The van der Waals surface area contributed by atoms with Crippen LogP contribution in [0.3, 0.4) is 0 Å². The standard InChI is InChI=1S/C27H26FN3O2/c28-23-14-8-7-13-22(23)24-19-25(33-29-24)27(32)31-17-15-30(16-18-31)26(20-9-3-1-4-10-20)21-11-5-2-6-12-21/h1-14,25-26H,15-19H2. The summed E-state index contributed by atoms with van der Waals surface area (Å²) in [5.41, 5.74) is 3.36. The van der Waals surface area contributed by atoms with E-state index in [0.29, 0.717) is 24.4 Å². The fraction of sp³-hybridized carbons (Fsp3) is 0.259. The Morgan fingerprint density at radius 1 is 0.848 bits per heavy atom. The Balaban J connectivity index is 1.24. The van der Waals surface area contributed by atoms with E-state index in [-0.39, 0.29) is 24.2 Å². The van der Waals surface area contributed by atoms with Gasteiger partial charge in [-0.15, -0.1) is 0 Å². The topological polar surface area (TPSA) is 45.1 Å². The van der Waals surface area contributed by atoms with E-state index in [1.54, 1.807) is 18.2 Å². The number of carbonyl (C=O) groups excluding carboxylic acids is 1. The smallest absolute Gasteiger partial charge is 0.266 e. The first kappa shape index (κ1) is 21.3. The Kier molecular flexibility index (Phi) is 6.17. The highest BCUT2D eigenvalue weighted by atomic mass is 19.1. The molecule has 0 aromatic heterocycles. The van der Waals surface area contributed by atoms with Gasteiger partial charge in [0, 0.05) is 38.2 Å². The van der Waals surface area contributed by atoms with E-state index < -0.39 is 6.10 Å². The van der Waals surface area contributed by atoms with Crippen molar-refractivity contribution < 1.29 is 14.0 Å². The lowest BCUT2D eigenvalue weighted by molar-refractivity contribution is -0.144. The third-order valence-electron chi connectivity index (χ3n) is 6.35. The molecule has 33 heavy (non-hydrogen) atoms. The van der Waals surface area contributed by atoms with Crippen molar-refractivity contribution in [1.82, 2.24) is 9.80 Å². The van der Waals surface area contributed by atoms with Crippen LogP contribution in [-0.4, -0.2) is 53.7 Å². The predicted octanol–water partition coefficient (Wildman–Crippen LogP) is 4.25. The van der Waals surface area contributed by atoms with E-state index in [2.05, 4.69) is 58.6 Å². The Labute approximate surface area is 193 Å². The average molecular weight is 444 g/mol. The Hall–Kier alpha value is -3.51. The van der Waals surface area contributed by atoms with Crippen molar-refractivity contribution in [2.45, 2.75) is 18.6 Å². The van der Waals surface area contributed by atoms with Gasteiger partial charge in [-0.2, -0.15) is 0 Å². The number of piperazine rings is 1. The van der Waals surface area contributed by atoms with Crippen LogP contribution in [0.1, 0.15) is 29.2 Å².